The molecule has 0 aliphatic heterocycles. The minimum Gasteiger partial charge on any atom is -0.467 e. The first kappa shape index (κ1) is 23.3. The number of nitrogens with zero attached hydrogens (tertiary/aromatic N) is 5. The number of nitrogens with one attached hydrogen (secondary N) is 1. The van der Waals surface area contributed by atoms with E-state index in [-0.39, 0.29) is 11.7 Å². The molecule has 0 bridgehead atoms. The molecule has 0 radical (unpaired) electrons. The average molecular weight is 501 g/mol. The number of anilines is 1. The molecule has 33 heavy (non-hydrogen) atoms. The van der Waals surface area contributed by atoms with Crippen LogP contribution in [-0.4, -0.2) is 36.4 Å². The maximum absolute atomic E-state index is 12.4. The summed E-state index contributed by atoms with van der Waals surface area (Å²) in [5.74, 6) is 2.10. The van der Waals surface area contributed by atoms with Gasteiger partial charge in [-0.25, -0.2) is 9.97 Å². The third-order valence-corrected chi connectivity index (χ3v) is 6.50. The topological polar surface area (TPSA) is 98.7 Å². The molecule has 0 saturated heterocycles. The molecule has 0 saturated carbocycles. The van der Waals surface area contributed by atoms with Crippen molar-refractivity contribution in [3.05, 3.63) is 76.7 Å². The quantitative estimate of drug-likeness (QED) is 0.253. The molecule has 11 heteroatoms. The van der Waals surface area contributed by atoms with E-state index in [1.54, 1.807) is 30.5 Å². The van der Waals surface area contributed by atoms with Crippen LogP contribution in [0.3, 0.4) is 0 Å². The lowest BCUT2D eigenvalue weighted by molar-refractivity contribution is -0.113. The molecule has 0 fully saturated rings. The molecular formula is C22H21ClN6O2S2. The summed E-state index contributed by atoms with van der Waals surface area (Å²) in [5.41, 5.74) is 2.53. The second kappa shape index (κ2) is 10.9. The predicted octanol–water partition coefficient (Wildman–Crippen LogP) is 5.00. The number of thioether (sulfide) groups is 2. The first-order valence-electron chi connectivity index (χ1n) is 10.0. The summed E-state index contributed by atoms with van der Waals surface area (Å²) in [6.07, 6.45) is 1.63. The van der Waals surface area contributed by atoms with Crippen molar-refractivity contribution in [1.82, 2.24) is 24.7 Å². The minimum atomic E-state index is -0.144. The number of aryl methyl sites for hydroxylation is 2. The van der Waals surface area contributed by atoms with E-state index in [4.69, 9.17) is 16.0 Å². The van der Waals surface area contributed by atoms with E-state index in [1.807, 2.05) is 36.6 Å². The molecule has 0 atom stereocenters. The van der Waals surface area contributed by atoms with E-state index in [2.05, 4.69) is 25.5 Å². The number of hydrogen-bond acceptors (Lipinski definition) is 8. The molecule has 0 aliphatic rings. The van der Waals surface area contributed by atoms with Gasteiger partial charge in [-0.15, -0.1) is 10.2 Å². The van der Waals surface area contributed by atoms with Crippen LogP contribution in [0.15, 0.2) is 63.5 Å². The van der Waals surface area contributed by atoms with Crippen LogP contribution in [0.2, 0.25) is 5.02 Å². The van der Waals surface area contributed by atoms with Gasteiger partial charge in [0.2, 0.25) is 5.91 Å². The lowest BCUT2D eigenvalue weighted by Gasteiger charge is -2.09. The molecule has 4 rings (SSSR count). The van der Waals surface area contributed by atoms with Gasteiger partial charge in [0.15, 0.2) is 10.3 Å². The Morgan fingerprint density at radius 1 is 1.09 bits per heavy atom. The molecule has 3 heterocycles. The van der Waals surface area contributed by atoms with Gasteiger partial charge in [0.05, 0.1) is 24.3 Å². The number of benzene rings is 1. The summed E-state index contributed by atoms with van der Waals surface area (Å²) in [5, 5.41) is 13.5. The van der Waals surface area contributed by atoms with Crippen molar-refractivity contribution >= 4 is 46.7 Å². The smallest absolute Gasteiger partial charge is 0.234 e. The van der Waals surface area contributed by atoms with Gasteiger partial charge < -0.3 is 9.73 Å². The van der Waals surface area contributed by atoms with Gasteiger partial charge in [-0.2, -0.15) is 0 Å². The van der Waals surface area contributed by atoms with Crippen molar-refractivity contribution in [2.45, 2.75) is 36.5 Å². The Morgan fingerprint density at radius 3 is 2.55 bits per heavy atom. The van der Waals surface area contributed by atoms with Gasteiger partial charge in [0, 0.05) is 22.1 Å². The van der Waals surface area contributed by atoms with Crippen molar-refractivity contribution < 1.29 is 9.21 Å². The summed E-state index contributed by atoms with van der Waals surface area (Å²) in [7, 11) is 0. The van der Waals surface area contributed by atoms with Crippen LogP contribution >= 0.6 is 35.1 Å². The molecule has 0 aliphatic carbocycles. The highest BCUT2D eigenvalue weighted by Crippen LogP contribution is 2.24. The zero-order valence-corrected chi connectivity index (χ0v) is 20.4. The number of amides is 1. The van der Waals surface area contributed by atoms with Crippen molar-refractivity contribution in [3.63, 3.8) is 0 Å². The van der Waals surface area contributed by atoms with Gasteiger partial charge in [-0.3, -0.25) is 9.36 Å². The van der Waals surface area contributed by atoms with Crippen LogP contribution in [0.5, 0.6) is 0 Å². The summed E-state index contributed by atoms with van der Waals surface area (Å²) in [6.45, 7) is 4.36. The fourth-order valence-electron chi connectivity index (χ4n) is 3.00. The van der Waals surface area contributed by atoms with E-state index >= 15 is 0 Å². The molecule has 170 valence electrons. The normalized spacial score (nSPS) is 11.0. The van der Waals surface area contributed by atoms with E-state index < -0.39 is 0 Å². The van der Waals surface area contributed by atoms with E-state index in [1.165, 1.54) is 23.5 Å². The standard InChI is InChI=1S/C22H21ClN6O2S2/c1-14-10-15(2)25-21(24-14)32-12-19-27-28-22(29(19)11-18-4-3-9-31-18)33-13-20(30)26-17-7-5-16(23)6-8-17/h3-10H,11-13H2,1-2H3,(H,26,30). The molecule has 3 aromatic heterocycles. The number of carbonyl (C=O) groups is 1. The van der Waals surface area contributed by atoms with E-state index in [9.17, 15) is 4.79 Å². The second-order valence-electron chi connectivity index (χ2n) is 7.13. The van der Waals surface area contributed by atoms with E-state index in [0.717, 1.165) is 23.0 Å². The fourth-order valence-corrected chi connectivity index (χ4v) is 4.77. The van der Waals surface area contributed by atoms with Gasteiger partial charge >= 0.3 is 0 Å². The highest BCUT2D eigenvalue weighted by Gasteiger charge is 2.17. The highest BCUT2D eigenvalue weighted by molar-refractivity contribution is 7.99. The van der Waals surface area contributed by atoms with Gasteiger partial charge in [-0.05, 0) is 56.3 Å². The van der Waals surface area contributed by atoms with E-state index in [0.29, 0.717) is 33.3 Å². The molecule has 1 N–H and O–H groups in total. The molecule has 1 aromatic carbocycles. The Morgan fingerprint density at radius 2 is 1.85 bits per heavy atom. The van der Waals surface area contributed by atoms with Gasteiger partial charge in [-0.1, -0.05) is 35.1 Å². The summed E-state index contributed by atoms with van der Waals surface area (Å²) >= 11 is 8.71. The third kappa shape index (κ3) is 6.59. The Bertz CT molecular complexity index is 1210. The summed E-state index contributed by atoms with van der Waals surface area (Å²) in [6, 6.07) is 12.6. The van der Waals surface area contributed by atoms with Crippen molar-refractivity contribution in [3.8, 4) is 0 Å². The monoisotopic (exact) mass is 500 g/mol. The zero-order chi connectivity index (χ0) is 23.2. The average Bonchev–Trinajstić information content (AvgIpc) is 3.42. The van der Waals surface area contributed by atoms with Crippen molar-refractivity contribution in [2.24, 2.45) is 0 Å². The van der Waals surface area contributed by atoms with Crippen LogP contribution < -0.4 is 5.32 Å². The first-order chi connectivity index (χ1) is 16.0. The molecule has 4 aromatic rings. The third-order valence-electron chi connectivity index (χ3n) is 4.44. The number of aromatic nitrogens is 5. The number of hydrogen-bond donors (Lipinski definition) is 1. The summed E-state index contributed by atoms with van der Waals surface area (Å²) < 4.78 is 7.47. The predicted molar refractivity (Wildman–Crippen MR) is 130 cm³/mol. The van der Waals surface area contributed by atoms with Crippen molar-refractivity contribution in [2.75, 3.05) is 11.1 Å². The first-order valence-corrected chi connectivity index (χ1v) is 12.4. The lowest BCUT2D eigenvalue weighted by Crippen LogP contribution is -2.15. The molecule has 0 unspecified atom stereocenters. The number of carbonyl (C=O) groups excluding carboxylic acids is 1. The van der Waals surface area contributed by atoms with Gasteiger partial charge in [0.1, 0.15) is 11.6 Å². The molecular weight excluding hydrogens is 480 g/mol. The van der Waals surface area contributed by atoms with Crippen LogP contribution in [-0.2, 0) is 17.1 Å². The number of halogens is 1. The summed E-state index contributed by atoms with van der Waals surface area (Å²) in [4.78, 5) is 21.4. The largest absolute Gasteiger partial charge is 0.467 e. The Hall–Kier alpha value is -2.82. The SMILES string of the molecule is Cc1cc(C)nc(SCc2nnc(SCC(=O)Nc3ccc(Cl)cc3)n2Cc2ccco2)n1. The van der Waals surface area contributed by atoms with Crippen LogP contribution in [0, 0.1) is 13.8 Å². The maximum Gasteiger partial charge on any atom is 0.234 e. The van der Waals surface area contributed by atoms with Crippen LogP contribution in [0.4, 0.5) is 5.69 Å². The fraction of sp³-hybridized carbons (Fsp3) is 0.227. The van der Waals surface area contributed by atoms with Crippen molar-refractivity contribution in [1.29, 1.82) is 0 Å². The maximum atomic E-state index is 12.4. The Labute approximate surface area is 204 Å². The molecule has 8 nitrogen and oxygen atoms in total. The minimum absolute atomic E-state index is 0.144. The van der Waals surface area contributed by atoms with Gasteiger partial charge in [0.25, 0.3) is 0 Å². The van der Waals surface area contributed by atoms with Crippen LogP contribution in [0.25, 0.3) is 0 Å². The zero-order valence-electron chi connectivity index (χ0n) is 18.0. The highest BCUT2D eigenvalue weighted by atomic mass is 35.5. The molecule has 0 spiro atoms. The number of furan rings is 1. The Kier molecular flexibility index (Phi) is 7.69. The number of rotatable bonds is 9. The lowest BCUT2D eigenvalue weighted by atomic mass is 10.3. The molecule has 1 amide bonds. The Balaban J connectivity index is 1.45. The van der Waals surface area contributed by atoms with Crippen LogP contribution in [0.1, 0.15) is 23.0 Å². The second-order valence-corrected chi connectivity index (χ2v) is 9.45.